The van der Waals surface area contributed by atoms with E-state index in [1.807, 2.05) is 0 Å². The SMILES string of the molecule is [B]c1cncc(S)c1. The summed E-state index contributed by atoms with van der Waals surface area (Å²) in [5, 5.41) is 0. The zero-order chi connectivity index (χ0) is 5.98. The molecule has 0 aliphatic heterocycles. The van der Waals surface area contributed by atoms with Gasteiger partial charge in [0.1, 0.15) is 7.85 Å². The molecule has 0 bridgehead atoms. The summed E-state index contributed by atoms with van der Waals surface area (Å²) in [6.45, 7) is 0. The van der Waals surface area contributed by atoms with Gasteiger partial charge in [-0.3, -0.25) is 4.98 Å². The minimum atomic E-state index is 0.650. The van der Waals surface area contributed by atoms with E-state index in [-0.39, 0.29) is 0 Å². The highest BCUT2D eigenvalue weighted by molar-refractivity contribution is 7.80. The average molecular weight is 121 g/mol. The van der Waals surface area contributed by atoms with Crippen molar-refractivity contribution in [1.82, 2.24) is 4.98 Å². The predicted octanol–water partition coefficient (Wildman–Crippen LogP) is 0.164. The van der Waals surface area contributed by atoms with Gasteiger partial charge in [0, 0.05) is 17.3 Å². The van der Waals surface area contributed by atoms with Crippen LogP contribution >= 0.6 is 12.6 Å². The molecule has 0 unspecified atom stereocenters. The summed E-state index contributed by atoms with van der Waals surface area (Å²) in [7, 11) is 5.35. The van der Waals surface area contributed by atoms with E-state index in [0.29, 0.717) is 5.46 Å². The van der Waals surface area contributed by atoms with Gasteiger partial charge in [0.2, 0.25) is 0 Å². The molecule has 0 spiro atoms. The molecule has 0 amide bonds. The van der Waals surface area contributed by atoms with Crippen LogP contribution in [0.3, 0.4) is 0 Å². The first kappa shape index (κ1) is 5.70. The topological polar surface area (TPSA) is 12.9 Å². The van der Waals surface area contributed by atoms with Crippen molar-refractivity contribution in [3.05, 3.63) is 18.5 Å². The minimum Gasteiger partial charge on any atom is -0.264 e. The number of hydrogen-bond donors (Lipinski definition) is 1. The fourth-order valence-corrected chi connectivity index (χ4v) is 0.661. The van der Waals surface area contributed by atoms with Crippen molar-refractivity contribution < 1.29 is 0 Å². The number of nitrogens with zero attached hydrogens (tertiary/aromatic N) is 1. The van der Waals surface area contributed by atoms with E-state index >= 15 is 0 Å². The van der Waals surface area contributed by atoms with Crippen molar-refractivity contribution in [3.63, 3.8) is 0 Å². The van der Waals surface area contributed by atoms with Crippen LogP contribution in [0.2, 0.25) is 0 Å². The quantitative estimate of drug-likeness (QED) is 0.381. The van der Waals surface area contributed by atoms with E-state index in [1.165, 1.54) is 0 Å². The van der Waals surface area contributed by atoms with Gasteiger partial charge in [-0.05, 0) is 0 Å². The standard InChI is InChI=1S/C5H4BNS/c6-4-1-5(8)3-7-2-4/h1-3,8H. The Bertz CT molecular complexity index is 172. The third-order valence-electron chi connectivity index (χ3n) is 0.745. The second-order valence-corrected chi connectivity index (χ2v) is 1.99. The Labute approximate surface area is 55.0 Å². The van der Waals surface area contributed by atoms with Crippen LogP contribution in [0.15, 0.2) is 23.4 Å². The van der Waals surface area contributed by atoms with Crippen molar-refractivity contribution in [2.24, 2.45) is 0 Å². The molecule has 0 atom stereocenters. The largest absolute Gasteiger partial charge is 0.264 e. The van der Waals surface area contributed by atoms with Crippen LogP contribution < -0.4 is 5.46 Å². The second-order valence-electron chi connectivity index (χ2n) is 1.48. The number of pyridine rings is 1. The maximum absolute atomic E-state index is 5.35. The zero-order valence-electron chi connectivity index (χ0n) is 4.20. The molecule has 0 aromatic carbocycles. The fraction of sp³-hybridized carbons (Fsp3) is 0. The summed E-state index contributed by atoms with van der Waals surface area (Å²) in [6.07, 6.45) is 3.22. The van der Waals surface area contributed by atoms with Gasteiger partial charge in [-0.25, -0.2) is 0 Å². The summed E-state index contributed by atoms with van der Waals surface area (Å²) in [5.41, 5.74) is 0.650. The molecule has 0 aliphatic carbocycles. The molecular weight excluding hydrogens is 117 g/mol. The van der Waals surface area contributed by atoms with Gasteiger partial charge in [-0.1, -0.05) is 11.5 Å². The maximum atomic E-state index is 5.35. The molecule has 2 radical (unpaired) electrons. The Kier molecular flexibility index (Phi) is 1.58. The van der Waals surface area contributed by atoms with Gasteiger partial charge in [0.25, 0.3) is 0 Å². The monoisotopic (exact) mass is 121 g/mol. The number of thiol groups is 1. The maximum Gasteiger partial charge on any atom is 0.116 e. The lowest BCUT2D eigenvalue weighted by atomic mass is 9.99. The number of hydrogen-bond acceptors (Lipinski definition) is 2. The van der Waals surface area contributed by atoms with Crippen LogP contribution in [0.25, 0.3) is 0 Å². The first-order valence-electron chi connectivity index (χ1n) is 2.18. The van der Waals surface area contributed by atoms with Gasteiger partial charge in [-0.2, -0.15) is 0 Å². The molecule has 1 aromatic rings. The van der Waals surface area contributed by atoms with E-state index in [2.05, 4.69) is 17.6 Å². The summed E-state index contributed by atoms with van der Waals surface area (Å²) in [6, 6.07) is 1.75. The van der Waals surface area contributed by atoms with E-state index in [0.717, 1.165) is 4.90 Å². The highest BCUT2D eigenvalue weighted by atomic mass is 32.1. The summed E-state index contributed by atoms with van der Waals surface area (Å²) >= 11 is 4.01. The molecule has 0 fully saturated rings. The molecule has 8 heavy (non-hydrogen) atoms. The van der Waals surface area contributed by atoms with Gasteiger partial charge in [0.15, 0.2) is 0 Å². The third-order valence-corrected chi connectivity index (χ3v) is 0.990. The van der Waals surface area contributed by atoms with Crippen molar-refractivity contribution in [2.75, 3.05) is 0 Å². The van der Waals surface area contributed by atoms with Crippen LogP contribution in [0.4, 0.5) is 0 Å². The molecule has 0 saturated heterocycles. The predicted molar refractivity (Wildman–Crippen MR) is 36.9 cm³/mol. The average Bonchev–Trinajstić information content (AvgIpc) is 1.64. The molecule has 3 heteroatoms. The van der Waals surface area contributed by atoms with Crippen LogP contribution in [0.5, 0.6) is 0 Å². The van der Waals surface area contributed by atoms with Crippen LogP contribution in [-0.4, -0.2) is 12.8 Å². The lowest BCUT2D eigenvalue weighted by molar-refractivity contribution is 1.26. The number of rotatable bonds is 0. The van der Waals surface area contributed by atoms with Crippen molar-refractivity contribution in [3.8, 4) is 0 Å². The molecule has 0 N–H and O–H groups in total. The Balaban J connectivity index is 3.08. The minimum absolute atomic E-state index is 0.650. The van der Waals surface area contributed by atoms with Gasteiger partial charge in [0.05, 0.1) is 0 Å². The van der Waals surface area contributed by atoms with Crippen LogP contribution in [-0.2, 0) is 0 Å². The zero-order valence-corrected chi connectivity index (χ0v) is 5.10. The Hall–Kier alpha value is -0.435. The molecular formula is C5H4BNS. The Morgan fingerprint density at radius 1 is 1.50 bits per heavy atom. The smallest absolute Gasteiger partial charge is 0.116 e. The first-order chi connectivity index (χ1) is 3.79. The van der Waals surface area contributed by atoms with E-state index < -0.39 is 0 Å². The Morgan fingerprint density at radius 2 is 2.25 bits per heavy atom. The highest BCUT2D eigenvalue weighted by Crippen LogP contribution is 1.96. The lowest BCUT2D eigenvalue weighted by Crippen LogP contribution is -2.01. The van der Waals surface area contributed by atoms with Gasteiger partial charge < -0.3 is 0 Å². The number of aromatic nitrogens is 1. The van der Waals surface area contributed by atoms with Crippen molar-refractivity contribution in [2.45, 2.75) is 4.90 Å². The van der Waals surface area contributed by atoms with E-state index in [1.54, 1.807) is 18.5 Å². The van der Waals surface area contributed by atoms with Crippen LogP contribution in [0, 0.1) is 0 Å². The molecule has 0 aliphatic rings. The van der Waals surface area contributed by atoms with Crippen molar-refractivity contribution >= 4 is 25.9 Å². The molecule has 1 nitrogen and oxygen atoms in total. The molecule has 0 saturated carbocycles. The third kappa shape index (κ3) is 1.27. The molecule has 1 rings (SSSR count). The summed E-state index contributed by atoms with van der Waals surface area (Å²) < 4.78 is 0. The molecule has 1 aromatic heterocycles. The fourth-order valence-electron chi connectivity index (χ4n) is 0.445. The normalized spacial score (nSPS) is 9.12. The molecule has 1 heterocycles. The van der Waals surface area contributed by atoms with Gasteiger partial charge >= 0.3 is 0 Å². The first-order valence-corrected chi connectivity index (χ1v) is 2.63. The lowest BCUT2D eigenvalue weighted by Gasteiger charge is -1.89. The van der Waals surface area contributed by atoms with E-state index in [9.17, 15) is 0 Å². The Morgan fingerprint density at radius 3 is 2.62 bits per heavy atom. The summed E-state index contributed by atoms with van der Waals surface area (Å²) in [5.74, 6) is 0. The molecule has 38 valence electrons. The van der Waals surface area contributed by atoms with Crippen LogP contribution in [0.1, 0.15) is 0 Å². The van der Waals surface area contributed by atoms with Gasteiger partial charge in [-0.15, -0.1) is 12.6 Å². The summed E-state index contributed by atoms with van der Waals surface area (Å²) in [4.78, 5) is 4.58. The second kappa shape index (κ2) is 2.22. The highest BCUT2D eigenvalue weighted by Gasteiger charge is 1.82. The van der Waals surface area contributed by atoms with Crippen molar-refractivity contribution in [1.29, 1.82) is 0 Å². The van der Waals surface area contributed by atoms with E-state index in [4.69, 9.17) is 7.85 Å².